The van der Waals surface area contributed by atoms with Crippen molar-refractivity contribution in [3.63, 3.8) is 0 Å². The van der Waals surface area contributed by atoms with Crippen molar-refractivity contribution in [2.24, 2.45) is 10.8 Å². The van der Waals surface area contributed by atoms with E-state index in [1.165, 1.54) is 0 Å². The van der Waals surface area contributed by atoms with E-state index < -0.39 is 0 Å². The molecule has 2 heterocycles. The smallest absolute Gasteiger partial charge is 0.0948 e. The molecule has 29 heavy (non-hydrogen) atoms. The first kappa shape index (κ1) is 21.1. The molecule has 2 aliphatic rings. The molecule has 2 aromatic rings. The van der Waals surface area contributed by atoms with Crippen molar-refractivity contribution in [3.8, 4) is 0 Å². The molecule has 2 atom stereocenters. The van der Waals surface area contributed by atoms with Crippen molar-refractivity contribution in [2.75, 3.05) is 26.4 Å². The molecule has 0 aromatic heterocycles. The van der Waals surface area contributed by atoms with E-state index >= 15 is 0 Å². The molecule has 2 unspecified atom stereocenters. The van der Waals surface area contributed by atoms with Crippen LogP contribution in [0.15, 0.2) is 48.5 Å². The maximum absolute atomic E-state index is 7.05. The number of rotatable bonds is 8. The van der Waals surface area contributed by atoms with Crippen LogP contribution in [0.3, 0.4) is 0 Å². The standard InChI is InChI=1S/C24H28Cl2O3/c1-3-23(13-27-14-23)21(17-9-5-7-11-19(17)25)29-22(24(4-2)15-28-16-24)18-10-6-8-12-20(18)26/h5-12,21-22H,3-4,13-16H2,1-2H3. The Labute approximate surface area is 183 Å². The molecule has 0 spiro atoms. The van der Waals surface area contributed by atoms with Crippen LogP contribution in [-0.2, 0) is 14.2 Å². The summed E-state index contributed by atoms with van der Waals surface area (Å²) in [5.41, 5.74) is 1.85. The van der Waals surface area contributed by atoms with Crippen LogP contribution >= 0.6 is 23.2 Å². The lowest BCUT2D eigenvalue weighted by Gasteiger charge is -2.52. The van der Waals surface area contributed by atoms with E-state index in [0.29, 0.717) is 26.4 Å². The van der Waals surface area contributed by atoms with E-state index in [-0.39, 0.29) is 23.0 Å². The van der Waals surface area contributed by atoms with Crippen molar-refractivity contribution in [1.29, 1.82) is 0 Å². The third-order valence-electron chi connectivity index (χ3n) is 6.73. The second-order valence-corrected chi connectivity index (χ2v) is 9.17. The average molecular weight is 435 g/mol. The second-order valence-electron chi connectivity index (χ2n) is 8.36. The molecule has 0 saturated carbocycles. The highest BCUT2D eigenvalue weighted by Crippen LogP contribution is 2.54. The van der Waals surface area contributed by atoms with Gasteiger partial charge in [0.1, 0.15) is 0 Å². The molecule has 0 radical (unpaired) electrons. The van der Waals surface area contributed by atoms with Crippen LogP contribution in [0.5, 0.6) is 0 Å². The van der Waals surface area contributed by atoms with Crippen LogP contribution in [0.25, 0.3) is 0 Å². The quantitative estimate of drug-likeness (QED) is 0.465. The summed E-state index contributed by atoms with van der Waals surface area (Å²) in [6.45, 7) is 7.08. The lowest BCUT2D eigenvalue weighted by molar-refractivity contribution is -0.254. The van der Waals surface area contributed by atoms with E-state index in [1.807, 2.05) is 36.4 Å². The fourth-order valence-electron chi connectivity index (χ4n) is 4.42. The summed E-state index contributed by atoms with van der Waals surface area (Å²) in [4.78, 5) is 0. The summed E-state index contributed by atoms with van der Waals surface area (Å²) >= 11 is 13.3. The summed E-state index contributed by atoms with van der Waals surface area (Å²) in [5, 5.41) is 1.45. The number of benzene rings is 2. The molecule has 2 saturated heterocycles. The fourth-order valence-corrected chi connectivity index (χ4v) is 4.89. The maximum atomic E-state index is 7.05. The SMILES string of the molecule is CCC1(C(OC(c2ccccc2Cl)C2(CC)COC2)c2ccccc2Cl)COC1. The van der Waals surface area contributed by atoms with Gasteiger partial charge in [0.2, 0.25) is 0 Å². The minimum Gasteiger partial charge on any atom is -0.380 e. The predicted octanol–water partition coefficient (Wildman–Crippen LogP) is 6.65. The summed E-state index contributed by atoms with van der Waals surface area (Å²) < 4.78 is 18.4. The van der Waals surface area contributed by atoms with Gasteiger partial charge in [0, 0.05) is 32.0 Å². The van der Waals surface area contributed by atoms with E-state index in [4.69, 9.17) is 37.4 Å². The summed E-state index contributed by atoms with van der Waals surface area (Å²) in [6, 6.07) is 16.0. The van der Waals surface area contributed by atoms with Gasteiger partial charge in [0.05, 0.1) is 38.6 Å². The second kappa shape index (κ2) is 8.56. The van der Waals surface area contributed by atoms with Gasteiger partial charge in [-0.3, -0.25) is 0 Å². The van der Waals surface area contributed by atoms with Crippen molar-refractivity contribution >= 4 is 23.2 Å². The Kier molecular flexibility index (Phi) is 6.24. The Morgan fingerprint density at radius 3 is 1.41 bits per heavy atom. The molecule has 2 aliphatic heterocycles. The van der Waals surface area contributed by atoms with Crippen molar-refractivity contribution in [3.05, 3.63) is 69.7 Å². The van der Waals surface area contributed by atoms with Gasteiger partial charge < -0.3 is 14.2 Å². The molecule has 0 N–H and O–H groups in total. The molecule has 3 nitrogen and oxygen atoms in total. The van der Waals surface area contributed by atoms with E-state index in [1.54, 1.807) is 0 Å². The third-order valence-corrected chi connectivity index (χ3v) is 7.41. The number of hydrogen-bond acceptors (Lipinski definition) is 3. The summed E-state index contributed by atoms with van der Waals surface area (Å²) in [7, 11) is 0. The van der Waals surface area contributed by atoms with Crippen molar-refractivity contribution in [1.82, 2.24) is 0 Å². The molecular formula is C24H28Cl2O3. The predicted molar refractivity (Wildman–Crippen MR) is 117 cm³/mol. The monoisotopic (exact) mass is 434 g/mol. The molecular weight excluding hydrogens is 407 g/mol. The van der Waals surface area contributed by atoms with Crippen LogP contribution in [0.2, 0.25) is 10.0 Å². The molecule has 2 aromatic carbocycles. The highest BCUT2D eigenvalue weighted by atomic mass is 35.5. The zero-order valence-corrected chi connectivity index (χ0v) is 18.5. The van der Waals surface area contributed by atoms with Gasteiger partial charge in [-0.25, -0.2) is 0 Å². The van der Waals surface area contributed by atoms with Gasteiger partial charge in [-0.15, -0.1) is 0 Å². The topological polar surface area (TPSA) is 27.7 Å². The molecule has 0 amide bonds. The molecule has 5 heteroatoms. The lowest BCUT2D eigenvalue weighted by Crippen LogP contribution is -2.52. The molecule has 4 rings (SSSR count). The van der Waals surface area contributed by atoms with Gasteiger partial charge in [-0.05, 0) is 25.0 Å². The van der Waals surface area contributed by atoms with Gasteiger partial charge in [0.25, 0.3) is 0 Å². The average Bonchev–Trinajstić information content (AvgIpc) is 2.66. The molecule has 156 valence electrons. The highest BCUT2D eigenvalue weighted by molar-refractivity contribution is 6.31. The Hall–Kier alpha value is -1.10. The maximum Gasteiger partial charge on any atom is 0.0948 e. The summed E-state index contributed by atoms with van der Waals surface area (Å²) in [6.07, 6.45) is 1.54. The van der Waals surface area contributed by atoms with Crippen LogP contribution < -0.4 is 0 Å². The summed E-state index contributed by atoms with van der Waals surface area (Å²) in [5.74, 6) is 0. The lowest BCUT2D eigenvalue weighted by atomic mass is 9.72. The van der Waals surface area contributed by atoms with Gasteiger partial charge in [-0.1, -0.05) is 73.4 Å². The highest BCUT2D eigenvalue weighted by Gasteiger charge is 2.52. The van der Waals surface area contributed by atoms with Crippen LogP contribution in [0, 0.1) is 10.8 Å². The first-order chi connectivity index (χ1) is 14.1. The van der Waals surface area contributed by atoms with Gasteiger partial charge >= 0.3 is 0 Å². The zero-order valence-electron chi connectivity index (χ0n) is 17.0. The van der Waals surface area contributed by atoms with Gasteiger partial charge in [0.15, 0.2) is 0 Å². The minimum absolute atomic E-state index is 0.0932. The van der Waals surface area contributed by atoms with Crippen LogP contribution in [-0.4, -0.2) is 26.4 Å². The van der Waals surface area contributed by atoms with Gasteiger partial charge in [-0.2, -0.15) is 0 Å². The molecule has 0 aliphatic carbocycles. The molecule has 2 fully saturated rings. The number of halogens is 2. The fraction of sp³-hybridized carbons (Fsp3) is 0.500. The first-order valence-corrected chi connectivity index (χ1v) is 11.1. The Bertz CT molecular complexity index is 765. The van der Waals surface area contributed by atoms with Crippen molar-refractivity contribution in [2.45, 2.75) is 38.9 Å². The van der Waals surface area contributed by atoms with Crippen molar-refractivity contribution < 1.29 is 14.2 Å². The third kappa shape index (κ3) is 3.73. The van der Waals surface area contributed by atoms with Crippen LogP contribution in [0.1, 0.15) is 50.0 Å². The number of ether oxygens (including phenoxy) is 3. The first-order valence-electron chi connectivity index (χ1n) is 10.3. The largest absolute Gasteiger partial charge is 0.380 e. The Balaban J connectivity index is 1.79. The zero-order chi connectivity index (χ0) is 20.5. The van der Waals surface area contributed by atoms with E-state index in [2.05, 4.69) is 26.0 Å². The van der Waals surface area contributed by atoms with Crippen LogP contribution in [0.4, 0.5) is 0 Å². The Morgan fingerprint density at radius 2 is 1.14 bits per heavy atom. The normalized spacial score (nSPS) is 21.7. The molecule has 0 bridgehead atoms. The minimum atomic E-state index is -0.180. The van der Waals surface area contributed by atoms with E-state index in [9.17, 15) is 0 Å². The Morgan fingerprint density at radius 1 is 0.759 bits per heavy atom. The number of hydrogen-bond donors (Lipinski definition) is 0. The van der Waals surface area contributed by atoms with E-state index in [0.717, 1.165) is 34.0 Å².